The molecule has 0 aromatic carbocycles. The summed E-state index contributed by atoms with van der Waals surface area (Å²) in [5.41, 5.74) is 2.60. The second kappa shape index (κ2) is 5.29. The molecule has 0 aliphatic rings. The van der Waals surface area contributed by atoms with Crippen molar-refractivity contribution in [3.05, 3.63) is 29.6 Å². The first kappa shape index (κ1) is 10.6. The maximum atomic E-state index is 8.25. The van der Waals surface area contributed by atoms with Gasteiger partial charge in [0.05, 0.1) is 0 Å². The summed E-state index contributed by atoms with van der Waals surface area (Å²) in [6.45, 7) is 3.71. The van der Waals surface area contributed by atoms with Crippen LogP contribution in [0.5, 0.6) is 0 Å². The molecular formula is C9H13NO2. The summed E-state index contributed by atoms with van der Waals surface area (Å²) in [6, 6.07) is 6.28. The van der Waals surface area contributed by atoms with Gasteiger partial charge in [-0.05, 0) is 6.07 Å². The average Bonchev–Trinajstić information content (AvgIpc) is 2.02. The van der Waals surface area contributed by atoms with Crippen molar-refractivity contribution in [2.24, 2.45) is 7.05 Å². The van der Waals surface area contributed by atoms with Crippen LogP contribution < -0.4 is 9.67 Å². The van der Waals surface area contributed by atoms with Gasteiger partial charge in [0.2, 0.25) is 0 Å². The van der Waals surface area contributed by atoms with Gasteiger partial charge >= 0.3 is 0 Å². The molecule has 0 radical (unpaired) electrons. The third-order valence-corrected chi connectivity index (χ3v) is 1.73. The number of carbonyl (C=O) groups excluding carboxylic acids is 1. The van der Waals surface area contributed by atoms with E-state index in [2.05, 4.69) is 43.7 Å². The molecule has 0 saturated heterocycles. The normalized spacial score (nSPS) is 8.25. The second-order valence-corrected chi connectivity index (χ2v) is 2.46. The van der Waals surface area contributed by atoms with Crippen LogP contribution in [0.2, 0.25) is 0 Å². The summed E-state index contributed by atoms with van der Waals surface area (Å²) >= 11 is 0. The lowest BCUT2D eigenvalue weighted by molar-refractivity contribution is -0.683. The predicted octanol–water partition coefficient (Wildman–Crippen LogP) is -0.506. The molecule has 0 fully saturated rings. The Morgan fingerprint density at radius 3 is 1.92 bits per heavy atom. The van der Waals surface area contributed by atoms with E-state index in [1.807, 2.05) is 0 Å². The molecule has 0 bridgehead atoms. The minimum atomic E-state index is -0.500. The standard InChI is InChI=1S/C8H12N.CH2O2/c1-7-5-4-6-8(2)9(7)3;2-1-3/h4-6H,1-3H3;1H,(H,2,3)/q+1;/p-1. The van der Waals surface area contributed by atoms with Crippen molar-refractivity contribution < 1.29 is 14.5 Å². The van der Waals surface area contributed by atoms with Gasteiger partial charge in [-0.1, -0.05) is 0 Å². The molecule has 1 rings (SSSR count). The number of carboxylic acid groups (broad SMARTS) is 1. The highest BCUT2D eigenvalue weighted by molar-refractivity contribution is 5.29. The summed E-state index contributed by atoms with van der Waals surface area (Å²) < 4.78 is 2.17. The van der Waals surface area contributed by atoms with Crippen LogP contribution in [-0.4, -0.2) is 6.47 Å². The lowest BCUT2D eigenvalue weighted by Gasteiger charge is -1.94. The van der Waals surface area contributed by atoms with E-state index in [9.17, 15) is 0 Å². The molecule has 66 valence electrons. The summed E-state index contributed by atoms with van der Waals surface area (Å²) in [5.74, 6) is 0. The van der Waals surface area contributed by atoms with Crippen LogP contribution in [0.1, 0.15) is 11.4 Å². The van der Waals surface area contributed by atoms with Crippen molar-refractivity contribution in [2.75, 3.05) is 0 Å². The zero-order valence-electron chi connectivity index (χ0n) is 7.57. The van der Waals surface area contributed by atoms with Gasteiger partial charge in [0.25, 0.3) is 0 Å². The van der Waals surface area contributed by atoms with Crippen LogP contribution >= 0.6 is 0 Å². The number of pyridine rings is 1. The number of rotatable bonds is 0. The smallest absolute Gasteiger partial charge is 0.178 e. The van der Waals surface area contributed by atoms with Crippen LogP contribution in [0.3, 0.4) is 0 Å². The van der Waals surface area contributed by atoms with Crippen LogP contribution in [0.15, 0.2) is 18.2 Å². The van der Waals surface area contributed by atoms with Gasteiger partial charge < -0.3 is 9.90 Å². The molecule has 1 aromatic rings. The Labute approximate surface area is 72.3 Å². The SMILES string of the molecule is Cc1cccc(C)[n+]1C.O=C[O-]. The highest BCUT2D eigenvalue weighted by atomic mass is 16.3. The van der Waals surface area contributed by atoms with E-state index >= 15 is 0 Å². The van der Waals surface area contributed by atoms with Crippen LogP contribution in [-0.2, 0) is 11.8 Å². The zero-order valence-corrected chi connectivity index (χ0v) is 7.57. The lowest BCUT2D eigenvalue weighted by atomic mass is 10.3. The molecule has 0 spiro atoms. The topological polar surface area (TPSA) is 44.0 Å². The Morgan fingerprint density at radius 2 is 1.67 bits per heavy atom. The lowest BCUT2D eigenvalue weighted by Crippen LogP contribution is -2.34. The number of carbonyl (C=O) groups is 1. The van der Waals surface area contributed by atoms with Gasteiger partial charge in [0, 0.05) is 32.5 Å². The number of nitrogens with zero attached hydrogens (tertiary/aromatic N) is 1. The molecule has 0 unspecified atom stereocenters. The molecule has 1 aromatic heterocycles. The summed E-state index contributed by atoms with van der Waals surface area (Å²) in [6.07, 6.45) is 0. The number of aryl methyl sites for hydroxylation is 2. The largest absolute Gasteiger partial charge is 0.554 e. The maximum Gasteiger partial charge on any atom is 0.178 e. The van der Waals surface area contributed by atoms with Crippen molar-refractivity contribution >= 4 is 6.47 Å². The van der Waals surface area contributed by atoms with E-state index in [1.54, 1.807) is 0 Å². The first-order valence-corrected chi connectivity index (χ1v) is 3.61. The van der Waals surface area contributed by atoms with E-state index < -0.39 is 6.47 Å². The highest BCUT2D eigenvalue weighted by Crippen LogP contribution is 1.90. The van der Waals surface area contributed by atoms with Crippen LogP contribution in [0.4, 0.5) is 0 Å². The number of hydrogen-bond acceptors (Lipinski definition) is 2. The van der Waals surface area contributed by atoms with Gasteiger partial charge in [-0.25, -0.2) is 4.57 Å². The highest BCUT2D eigenvalue weighted by Gasteiger charge is 2.00. The van der Waals surface area contributed by atoms with E-state index in [0.717, 1.165) is 0 Å². The van der Waals surface area contributed by atoms with Crippen LogP contribution in [0, 0.1) is 13.8 Å². The Morgan fingerprint density at radius 1 is 1.33 bits per heavy atom. The van der Waals surface area contributed by atoms with E-state index in [0.29, 0.717) is 0 Å². The Bertz CT molecular complexity index is 238. The molecule has 0 aliphatic heterocycles. The zero-order chi connectivity index (χ0) is 9.56. The fourth-order valence-corrected chi connectivity index (χ4v) is 0.828. The monoisotopic (exact) mass is 167 g/mol. The fourth-order valence-electron chi connectivity index (χ4n) is 0.828. The molecule has 0 aliphatic carbocycles. The van der Waals surface area contributed by atoms with Crippen molar-refractivity contribution in [3.8, 4) is 0 Å². The maximum absolute atomic E-state index is 8.25. The molecule has 3 heteroatoms. The first-order valence-electron chi connectivity index (χ1n) is 3.61. The Kier molecular flexibility index (Phi) is 4.69. The van der Waals surface area contributed by atoms with E-state index in [-0.39, 0.29) is 0 Å². The third-order valence-electron chi connectivity index (χ3n) is 1.73. The van der Waals surface area contributed by atoms with Gasteiger partial charge in [0.1, 0.15) is 7.05 Å². The molecule has 0 saturated carbocycles. The van der Waals surface area contributed by atoms with Gasteiger partial charge in [0.15, 0.2) is 11.4 Å². The number of hydrogen-bond donors (Lipinski definition) is 0. The Hall–Kier alpha value is -1.38. The van der Waals surface area contributed by atoms with Gasteiger partial charge in [-0.2, -0.15) is 0 Å². The Balaban J connectivity index is 0.000000354. The molecular weight excluding hydrogens is 154 g/mol. The van der Waals surface area contributed by atoms with E-state index in [4.69, 9.17) is 9.90 Å². The minimum absolute atomic E-state index is 0.500. The third kappa shape index (κ3) is 3.14. The minimum Gasteiger partial charge on any atom is -0.554 e. The second-order valence-electron chi connectivity index (χ2n) is 2.46. The van der Waals surface area contributed by atoms with Crippen molar-refractivity contribution in [1.82, 2.24) is 0 Å². The number of aromatic nitrogens is 1. The summed E-state index contributed by atoms with van der Waals surface area (Å²) in [7, 11) is 2.07. The van der Waals surface area contributed by atoms with Gasteiger partial charge in [-0.3, -0.25) is 0 Å². The molecule has 0 atom stereocenters. The molecule has 1 heterocycles. The molecule has 0 N–H and O–H groups in total. The summed E-state index contributed by atoms with van der Waals surface area (Å²) in [4.78, 5) is 8.25. The quantitative estimate of drug-likeness (QED) is 0.386. The van der Waals surface area contributed by atoms with Crippen molar-refractivity contribution in [1.29, 1.82) is 0 Å². The predicted molar refractivity (Wildman–Crippen MR) is 43.2 cm³/mol. The molecule has 0 amide bonds. The van der Waals surface area contributed by atoms with Gasteiger partial charge in [-0.15, -0.1) is 0 Å². The van der Waals surface area contributed by atoms with Crippen molar-refractivity contribution in [2.45, 2.75) is 13.8 Å². The van der Waals surface area contributed by atoms with E-state index in [1.165, 1.54) is 11.4 Å². The van der Waals surface area contributed by atoms with Crippen LogP contribution in [0.25, 0.3) is 0 Å². The molecule has 12 heavy (non-hydrogen) atoms. The first-order chi connectivity index (χ1) is 5.63. The molecule has 3 nitrogen and oxygen atoms in total. The fraction of sp³-hybridized carbons (Fsp3) is 0.333. The van der Waals surface area contributed by atoms with Crippen molar-refractivity contribution in [3.63, 3.8) is 0 Å². The summed E-state index contributed by atoms with van der Waals surface area (Å²) in [5, 5.41) is 8.25. The average molecular weight is 167 g/mol.